The second-order valence-corrected chi connectivity index (χ2v) is 8.84. The van der Waals surface area contributed by atoms with Gasteiger partial charge in [-0.05, 0) is 53.4 Å². The average Bonchev–Trinajstić information content (AvgIpc) is 2.82. The molecule has 0 atom stereocenters. The molecular formula is C24H20N2O4S. The molecule has 3 aromatic carbocycles. The summed E-state index contributed by atoms with van der Waals surface area (Å²) >= 11 is 0. The van der Waals surface area contributed by atoms with Crippen LogP contribution in [0.4, 0.5) is 0 Å². The van der Waals surface area contributed by atoms with Crippen LogP contribution in [0.3, 0.4) is 0 Å². The first-order valence-electron chi connectivity index (χ1n) is 9.58. The molecule has 156 valence electrons. The van der Waals surface area contributed by atoms with E-state index in [9.17, 15) is 13.2 Å². The van der Waals surface area contributed by atoms with Gasteiger partial charge < -0.3 is 10.1 Å². The molecule has 4 rings (SSSR count). The number of nitrogens with zero attached hydrogens (tertiary/aromatic N) is 1. The number of carbonyl (C=O) groups excluding carboxylic acids is 1. The Labute approximate surface area is 180 Å². The van der Waals surface area contributed by atoms with Crippen LogP contribution in [0.15, 0.2) is 95.0 Å². The number of methoxy groups -OCH3 is 1. The van der Waals surface area contributed by atoms with Gasteiger partial charge >= 0.3 is 0 Å². The molecule has 0 aliphatic heterocycles. The molecule has 0 aliphatic rings. The van der Waals surface area contributed by atoms with Crippen LogP contribution in [0.1, 0.15) is 15.9 Å². The number of para-hydroxylation sites is 1. The minimum absolute atomic E-state index is 0.115. The lowest BCUT2D eigenvalue weighted by Crippen LogP contribution is -2.22. The second kappa shape index (κ2) is 8.57. The maximum absolute atomic E-state index is 12.9. The van der Waals surface area contributed by atoms with Crippen LogP contribution < -0.4 is 10.1 Å². The molecule has 0 aliphatic carbocycles. The van der Waals surface area contributed by atoms with Gasteiger partial charge in [-0.15, -0.1) is 0 Å². The van der Waals surface area contributed by atoms with Crippen molar-refractivity contribution in [3.8, 4) is 5.75 Å². The number of benzene rings is 3. The molecule has 31 heavy (non-hydrogen) atoms. The standard InChI is InChI=1S/C24H20N2O4S/c1-30-22-4-2-3-5-23(22)31(28,29)21-10-6-17(7-11-21)15-26-24(27)19-9-8-18-12-13-25-16-20(18)14-19/h2-14,16H,15H2,1H3,(H,26,27). The van der Waals surface area contributed by atoms with Gasteiger partial charge in [0.25, 0.3) is 5.91 Å². The number of ether oxygens (including phenoxy) is 1. The Morgan fingerprint density at radius 2 is 1.74 bits per heavy atom. The zero-order valence-electron chi connectivity index (χ0n) is 16.8. The first-order valence-corrected chi connectivity index (χ1v) is 11.1. The fourth-order valence-corrected chi connectivity index (χ4v) is 4.69. The lowest BCUT2D eigenvalue weighted by atomic mass is 10.1. The number of hydrogen-bond donors (Lipinski definition) is 1. The molecule has 6 nitrogen and oxygen atoms in total. The number of rotatable bonds is 6. The molecule has 0 saturated carbocycles. The molecular weight excluding hydrogens is 412 g/mol. The number of amides is 1. The minimum atomic E-state index is -3.71. The Hall–Kier alpha value is -3.71. The fourth-order valence-electron chi connectivity index (χ4n) is 3.26. The predicted octanol–water partition coefficient (Wildman–Crippen LogP) is 4.01. The molecule has 1 aromatic heterocycles. The highest BCUT2D eigenvalue weighted by molar-refractivity contribution is 7.91. The van der Waals surface area contributed by atoms with Crippen molar-refractivity contribution in [3.63, 3.8) is 0 Å². The van der Waals surface area contributed by atoms with Gasteiger partial charge in [-0.2, -0.15) is 0 Å². The largest absolute Gasteiger partial charge is 0.495 e. The van der Waals surface area contributed by atoms with E-state index in [2.05, 4.69) is 10.3 Å². The lowest BCUT2D eigenvalue weighted by molar-refractivity contribution is 0.0951. The molecule has 7 heteroatoms. The molecule has 1 heterocycles. The van der Waals surface area contributed by atoms with E-state index in [1.54, 1.807) is 54.9 Å². The van der Waals surface area contributed by atoms with Crippen molar-refractivity contribution in [1.82, 2.24) is 10.3 Å². The normalized spacial score (nSPS) is 11.3. The van der Waals surface area contributed by atoms with E-state index >= 15 is 0 Å². The summed E-state index contributed by atoms with van der Waals surface area (Å²) in [6.45, 7) is 0.277. The van der Waals surface area contributed by atoms with E-state index in [0.717, 1.165) is 16.3 Å². The van der Waals surface area contributed by atoms with Crippen molar-refractivity contribution >= 4 is 26.5 Å². The summed E-state index contributed by atoms with van der Waals surface area (Å²) in [6, 6.07) is 20.3. The summed E-state index contributed by atoms with van der Waals surface area (Å²) in [7, 11) is -2.28. The van der Waals surface area contributed by atoms with Crippen LogP contribution in [-0.4, -0.2) is 26.4 Å². The van der Waals surface area contributed by atoms with Crippen LogP contribution >= 0.6 is 0 Å². The van der Waals surface area contributed by atoms with Crippen molar-refractivity contribution in [2.45, 2.75) is 16.3 Å². The number of fused-ring (bicyclic) bond motifs is 1. The first kappa shape index (κ1) is 20.6. The van der Waals surface area contributed by atoms with Gasteiger partial charge in [-0.25, -0.2) is 8.42 Å². The zero-order valence-corrected chi connectivity index (χ0v) is 17.6. The van der Waals surface area contributed by atoms with Crippen molar-refractivity contribution in [2.75, 3.05) is 7.11 Å². The Morgan fingerprint density at radius 3 is 2.52 bits per heavy atom. The third-order valence-corrected chi connectivity index (χ3v) is 6.76. The van der Waals surface area contributed by atoms with Crippen molar-refractivity contribution in [3.05, 3.63) is 96.3 Å². The van der Waals surface area contributed by atoms with E-state index in [1.165, 1.54) is 25.3 Å². The van der Waals surface area contributed by atoms with Crippen LogP contribution in [-0.2, 0) is 16.4 Å². The minimum Gasteiger partial charge on any atom is -0.495 e. The molecule has 1 N–H and O–H groups in total. The topological polar surface area (TPSA) is 85.4 Å². The number of pyridine rings is 1. The van der Waals surface area contributed by atoms with Crippen LogP contribution in [0.2, 0.25) is 0 Å². The number of aromatic nitrogens is 1. The molecule has 1 amide bonds. The summed E-state index contributed by atoms with van der Waals surface area (Å²) in [6.07, 6.45) is 3.42. The number of hydrogen-bond acceptors (Lipinski definition) is 5. The number of nitrogens with one attached hydrogen (secondary N) is 1. The number of carbonyl (C=O) groups is 1. The summed E-state index contributed by atoms with van der Waals surface area (Å²) in [4.78, 5) is 16.9. The van der Waals surface area contributed by atoms with E-state index in [0.29, 0.717) is 11.3 Å². The van der Waals surface area contributed by atoms with Crippen LogP contribution in [0.5, 0.6) is 5.75 Å². The molecule has 0 unspecified atom stereocenters. The van der Waals surface area contributed by atoms with Crippen molar-refractivity contribution in [2.24, 2.45) is 0 Å². The quantitative estimate of drug-likeness (QED) is 0.498. The second-order valence-electron chi connectivity index (χ2n) is 6.92. The maximum Gasteiger partial charge on any atom is 0.251 e. The average molecular weight is 433 g/mol. The van der Waals surface area contributed by atoms with Crippen molar-refractivity contribution < 1.29 is 17.9 Å². The van der Waals surface area contributed by atoms with Crippen LogP contribution in [0, 0.1) is 0 Å². The SMILES string of the molecule is COc1ccccc1S(=O)(=O)c1ccc(CNC(=O)c2ccc3ccncc3c2)cc1. The molecule has 0 saturated heterocycles. The summed E-state index contributed by atoms with van der Waals surface area (Å²) in [5.74, 6) is 0.0842. The third-order valence-electron chi connectivity index (χ3n) is 4.95. The highest BCUT2D eigenvalue weighted by atomic mass is 32.2. The Morgan fingerprint density at radius 1 is 0.968 bits per heavy atom. The first-order chi connectivity index (χ1) is 15.0. The molecule has 0 radical (unpaired) electrons. The summed E-state index contributed by atoms with van der Waals surface area (Å²) < 4.78 is 31.0. The zero-order chi connectivity index (χ0) is 21.8. The number of sulfone groups is 1. The Bertz CT molecular complexity index is 1350. The van der Waals surface area contributed by atoms with Crippen LogP contribution in [0.25, 0.3) is 10.8 Å². The molecule has 0 bridgehead atoms. The van der Waals surface area contributed by atoms with Gasteiger partial charge in [-0.1, -0.05) is 30.3 Å². The maximum atomic E-state index is 12.9. The van der Waals surface area contributed by atoms with E-state index in [-0.39, 0.29) is 22.2 Å². The van der Waals surface area contributed by atoms with Gasteiger partial charge in [0.05, 0.1) is 12.0 Å². The van der Waals surface area contributed by atoms with Gasteiger partial charge in [0.15, 0.2) is 0 Å². The molecule has 4 aromatic rings. The van der Waals surface area contributed by atoms with E-state index in [4.69, 9.17) is 4.74 Å². The van der Waals surface area contributed by atoms with Gasteiger partial charge in [0.2, 0.25) is 9.84 Å². The summed E-state index contributed by atoms with van der Waals surface area (Å²) in [5.41, 5.74) is 1.32. The predicted molar refractivity (Wildman–Crippen MR) is 118 cm³/mol. The Balaban J connectivity index is 1.47. The molecule has 0 fully saturated rings. The highest BCUT2D eigenvalue weighted by Gasteiger charge is 2.21. The van der Waals surface area contributed by atoms with E-state index < -0.39 is 9.84 Å². The lowest BCUT2D eigenvalue weighted by Gasteiger charge is -2.10. The van der Waals surface area contributed by atoms with E-state index in [1.807, 2.05) is 12.1 Å². The smallest absolute Gasteiger partial charge is 0.251 e. The van der Waals surface area contributed by atoms with Gasteiger partial charge in [0, 0.05) is 29.9 Å². The van der Waals surface area contributed by atoms with Crippen molar-refractivity contribution in [1.29, 1.82) is 0 Å². The van der Waals surface area contributed by atoms with Gasteiger partial charge in [-0.3, -0.25) is 9.78 Å². The van der Waals surface area contributed by atoms with Gasteiger partial charge in [0.1, 0.15) is 10.6 Å². The fraction of sp³-hybridized carbons (Fsp3) is 0.0833. The third kappa shape index (κ3) is 4.27. The summed E-state index contributed by atoms with van der Waals surface area (Å²) in [5, 5.41) is 4.76. The monoisotopic (exact) mass is 432 g/mol. The Kier molecular flexibility index (Phi) is 5.68. The molecule has 0 spiro atoms. The highest BCUT2D eigenvalue weighted by Crippen LogP contribution is 2.29.